The molecule has 4 heteroatoms. The summed E-state index contributed by atoms with van der Waals surface area (Å²) in [5.41, 5.74) is 4.79. The number of rotatable bonds is 0. The Hall–Kier alpha value is -1.24. The molecule has 0 heterocycles. The summed E-state index contributed by atoms with van der Waals surface area (Å²) in [7, 11) is 0. The maximum absolute atomic E-state index is 7.61. The van der Waals surface area contributed by atoms with E-state index in [1.807, 2.05) is 0 Å². The predicted molar refractivity (Wildman–Crippen MR) is 57.3 cm³/mol. The molecule has 3 N–H and O–H groups in total. The van der Waals surface area contributed by atoms with Crippen molar-refractivity contribution in [2.75, 3.05) is 0 Å². The zero-order valence-electron chi connectivity index (χ0n) is 4.92. The van der Waals surface area contributed by atoms with Crippen LogP contribution >= 0.6 is 0 Å². The highest BCUT2D eigenvalue weighted by Gasteiger charge is 1.64. The molecule has 78 valence electrons. The number of hydrogen-bond donors (Lipinski definition) is 2. The molecule has 0 spiro atoms. The molecular weight excluding hydrogens is 154 g/mol. The van der Waals surface area contributed by atoms with E-state index >= 15 is 0 Å². The molecule has 0 rings (SSSR count). The van der Waals surface area contributed by atoms with Crippen LogP contribution in [0.1, 0.15) is 43.6 Å². The van der Waals surface area contributed by atoms with Crippen LogP contribution in [0.15, 0.2) is 5.16 Å². The van der Waals surface area contributed by atoms with Crippen LogP contribution in [0.2, 0.25) is 0 Å². The fraction of sp³-hybridized carbons (Fsp3) is 0.750. The highest BCUT2D eigenvalue weighted by molar-refractivity contribution is 5.76. The lowest BCUT2D eigenvalue weighted by Gasteiger charge is -1.73. The summed E-state index contributed by atoms with van der Waals surface area (Å²) in [5.74, 6) is 0.185. The minimum Gasteiger partial charge on any atom is -0.409 e. The number of nitrogens with zero attached hydrogens (tertiary/aromatic N) is 2. The highest BCUT2D eigenvalue weighted by Crippen LogP contribution is 1.51. The van der Waals surface area contributed by atoms with Crippen molar-refractivity contribution in [2.24, 2.45) is 10.9 Å². The van der Waals surface area contributed by atoms with Crippen molar-refractivity contribution in [1.82, 2.24) is 0 Å². The first-order valence-electron chi connectivity index (χ1n) is 1.94. The van der Waals surface area contributed by atoms with E-state index in [0.717, 1.165) is 0 Å². The molecule has 0 atom stereocenters. The quantitative estimate of drug-likeness (QED) is 0.259. The van der Waals surface area contributed by atoms with Gasteiger partial charge in [0.2, 0.25) is 0 Å². The van der Waals surface area contributed by atoms with Crippen LogP contribution in [0, 0.1) is 11.3 Å². The molecule has 0 saturated heterocycles. The van der Waals surface area contributed by atoms with Gasteiger partial charge in [-0.1, -0.05) is 34.9 Å². The fourth-order valence-electron chi connectivity index (χ4n) is 0. The second kappa shape index (κ2) is 53.0. The van der Waals surface area contributed by atoms with Gasteiger partial charge in [0.25, 0.3) is 0 Å². The number of oxime groups is 1. The Morgan fingerprint density at radius 1 is 1.33 bits per heavy atom. The lowest BCUT2D eigenvalue weighted by atomic mass is 10.7. The summed E-state index contributed by atoms with van der Waals surface area (Å²) >= 11 is 0. The SMILES string of the molecule is C.C.C.C.C/C(N)=N/O.CC#N. The van der Waals surface area contributed by atoms with Gasteiger partial charge in [-0.15, -0.1) is 0 Å². The van der Waals surface area contributed by atoms with Crippen molar-refractivity contribution in [3.8, 4) is 6.07 Å². The van der Waals surface area contributed by atoms with Crippen LogP contribution in [0.3, 0.4) is 0 Å². The Kier molecular flexibility index (Phi) is 200. The summed E-state index contributed by atoms with van der Waals surface area (Å²) in [5, 5.41) is 17.5. The van der Waals surface area contributed by atoms with Gasteiger partial charge in [0.1, 0.15) is 5.84 Å². The van der Waals surface area contributed by atoms with E-state index in [1.165, 1.54) is 13.8 Å². The zero-order chi connectivity index (χ0) is 6.99. The number of hydrogen-bond acceptors (Lipinski definition) is 3. The smallest absolute Gasteiger partial charge is 0.135 e. The van der Waals surface area contributed by atoms with Crippen LogP contribution in [0.4, 0.5) is 0 Å². The van der Waals surface area contributed by atoms with Crippen molar-refractivity contribution in [3.05, 3.63) is 0 Å². The van der Waals surface area contributed by atoms with Crippen LogP contribution in [-0.4, -0.2) is 11.0 Å². The Morgan fingerprint density at radius 2 is 1.42 bits per heavy atom. The van der Waals surface area contributed by atoms with E-state index in [9.17, 15) is 0 Å². The first-order valence-corrected chi connectivity index (χ1v) is 1.94. The summed E-state index contributed by atoms with van der Waals surface area (Å²) in [6, 6.07) is 1.75. The molecule has 0 aromatic rings. The second-order valence-electron chi connectivity index (χ2n) is 0.965. The van der Waals surface area contributed by atoms with Gasteiger partial charge >= 0.3 is 0 Å². The van der Waals surface area contributed by atoms with E-state index < -0.39 is 0 Å². The number of amidine groups is 1. The summed E-state index contributed by atoms with van der Waals surface area (Å²) in [6.45, 7) is 2.93. The van der Waals surface area contributed by atoms with Gasteiger partial charge in [-0.3, -0.25) is 0 Å². The highest BCUT2D eigenvalue weighted by atomic mass is 16.4. The van der Waals surface area contributed by atoms with E-state index in [4.69, 9.17) is 16.2 Å². The van der Waals surface area contributed by atoms with Crippen molar-refractivity contribution < 1.29 is 5.21 Å². The third-order valence-corrected chi connectivity index (χ3v) is 0.158. The first-order chi connectivity index (χ1) is 3.68. The molecule has 0 aliphatic carbocycles. The third-order valence-electron chi connectivity index (χ3n) is 0.158. The molecule has 0 unspecified atom stereocenters. The summed E-state index contributed by atoms with van der Waals surface area (Å²) in [6.07, 6.45) is 0. The zero-order valence-corrected chi connectivity index (χ0v) is 4.92. The fourth-order valence-corrected chi connectivity index (χ4v) is 0. The van der Waals surface area contributed by atoms with Gasteiger partial charge in [-0.05, 0) is 6.92 Å². The van der Waals surface area contributed by atoms with Gasteiger partial charge in [-0.25, -0.2) is 0 Å². The van der Waals surface area contributed by atoms with Gasteiger partial charge in [0.05, 0.1) is 6.07 Å². The topological polar surface area (TPSA) is 82.4 Å². The largest absolute Gasteiger partial charge is 0.409 e. The minimum absolute atomic E-state index is 0. The number of nitrogens with two attached hydrogens (primary N) is 1. The second-order valence-corrected chi connectivity index (χ2v) is 0.965. The number of nitriles is 1. The molecule has 0 amide bonds. The van der Waals surface area contributed by atoms with Crippen LogP contribution in [0.25, 0.3) is 0 Å². The van der Waals surface area contributed by atoms with E-state index in [1.54, 1.807) is 6.07 Å². The van der Waals surface area contributed by atoms with Gasteiger partial charge < -0.3 is 10.9 Å². The maximum atomic E-state index is 7.61. The molecule has 0 aliphatic rings. The van der Waals surface area contributed by atoms with E-state index in [2.05, 4.69) is 5.16 Å². The van der Waals surface area contributed by atoms with Crippen molar-refractivity contribution in [2.45, 2.75) is 43.6 Å². The molecule has 0 bridgehead atoms. The summed E-state index contributed by atoms with van der Waals surface area (Å²) < 4.78 is 0. The monoisotopic (exact) mass is 179 g/mol. The Balaban J connectivity index is -0.0000000119. The molecule has 4 nitrogen and oxygen atoms in total. The van der Waals surface area contributed by atoms with Crippen LogP contribution < -0.4 is 5.73 Å². The summed E-state index contributed by atoms with van der Waals surface area (Å²) in [4.78, 5) is 0. The first kappa shape index (κ1) is 45.2. The molecule has 0 radical (unpaired) electrons. The molecule has 0 aromatic carbocycles. The predicted octanol–water partition coefficient (Wildman–Crippen LogP) is 2.83. The van der Waals surface area contributed by atoms with Crippen LogP contribution in [0.5, 0.6) is 0 Å². The van der Waals surface area contributed by atoms with E-state index in [0.29, 0.717) is 0 Å². The normalized spacial score (nSPS) is 5.58. The average molecular weight is 179 g/mol. The molecule has 0 aliphatic heterocycles. The Bertz CT molecular complexity index is 101. The van der Waals surface area contributed by atoms with Gasteiger partial charge in [0.15, 0.2) is 0 Å². The third kappa shape index (κ3) is 913. The Morgan fingerprint density at radius 3 is 1.42 bits per heavy atom. The van der Waals surface area contributed by atoms with Crippen molar-refractivity contribution >= 4 is 5.84 Å². The Labute approximate surface area is 77.7 Å². The molecule has 12 heavy (non-hydrogen) atoms. The van der Waals surface area contributed by atoms with Crippen molar-refractivity contribution in [1.29, 1.82) is 5.26 Å². The maximum Gasteiger partial charge on any atom is 0.135 e. The van der Waals surface area contributed by atoms with Crippen molar-refractivity contribution in [3.63, 3.8) is 0 Å². The molecule has 0 saturated carbocycles. The average Bonchev–Trinajstić information content (AvgIpc) is 1.69. The standard InChI is InChI=1S/C2H6N2O.C2H3N.4CH4/c1-2(3)4-5;1-2-3;;;;/h5H,1H3,(H2,3,4);1H3;4*1H4. The van der Waals surface area contributed by atoms with Gasteiger partial charge in [0, 0.05) is 6.92 Å². The van der Waals surface area contributed by atoms with Gasteiger partial charge in [-0.2, -0.15) is 5.26 Å². The molecular formula is C8H25N3O. The van der Waals surface area contributed by atoms with E-state index in [-0.39, 0.29) is 35.5 Å². The van der Waals surface area contributed by atoms with Crippen LogP contribution in [-0.2, 0) is 0 Å². The lowest BCUT2D eigenvalue weighted by molar-refractivity contribution is 0.318. The molecule has 0 aromatic heterocycles. The molecule has 0 fully saturated rings. The minimum atomic E-state index is 0. The lowest BCUT2D eigenvalue weighted by Crippen LogP contribution is -2.03.